The van der Waals surface area contributed by atoms with Gasteiger partial charge in [0.15, 0.2) is 0 Å². The minimum absolute atomic E-state index is 0.0114. The fraction of sp³-hybridized carbons (Fsp3) is 0.971. The maximum Gasteiger partial charge on any atom is 0.237 e. The molecule has 47 heavy (non-hydrogen) atoms. The summed E-state index contributed by atoms with van der Waals surface area (Å²) in [7, 11) is 0. The third kappa shape index (κ3) is 9.23. The van der Waals surface area contributed by atoms with Crippen molar-refractivity contribution in [3.63, 3.8) is 0 Å². The number of β-amino-alcohol motifs (C(OH)–C–C–N with tert-alkyl or cyclic N) is 1. The maximum atomic E-state index is 13.5. The van der Waals surface area contributed by atoms with Crippen molar-refractivity contribution >= 4 is 5.91 Å². The van der Waals surface area contributed by atoms with Crippen LogP contribution in [0.2, 0.25) is 0 Å². The lowest BCUT2D eigenvalue weighted by Gasteiger charge is -2.48. The van der Waals surface area contributed by atoms with Crippen LogP contribution < -0.4 is 26.6 Å². The van der Waals surface area contributed by atoms with Gasteiger partial charge in [-0.2, -0.15) is 0 Å². The van der Waals surface area contributed by atoms with E-state index in [9.17, 15) is 9.90 Å². The molecule has 0 aromatic heterocycles. The number of aliphatic hydroxyl groups is 1. The molecule has 1 aliphatic carbocycles. The second-order valence-corrected chi connectivity index (χ2v) is 16.2. The monoisotopic (exact) mass is 664 g/mol. The van der Waals surface area contributed by atoms with Crippen molar-refractivity contribution in [1.29, 1.82) is 0 Å². The lowest BCUT2D eigenvalue weighted by molar-refractivity contribution is -0.126. The molecule has 5 aliphatic heterocycles. The summed E-state index contributed by atoms with van der Waals surface area (Å²) in [5.74, 6) is 1.78. The Balaban J connectivity index is 0.939. The summed E-state index contributed by atoms with van der Waals surface area (Å²) >= 11 is 0. The first-order valence-electron chi connectivity index (χ1n) is 18.5. The number of aliphatic hydroxyl groups excluding tert-OH is 1. The summed E-state index contributed by atoms with van der Waals surface area (Å²) in [6.07, 6.45) is 3.79. The van der Waals surface area contributed by atoms with Gasteiger partial charge in [0.2, 0.25) is 5.91 Å². The number of amides is 1. The molecule has 6 fully saturated rings. The van der Waals surface area contributed by atoms with E-state index in [0.717, 1.165) is 52.1 Å². The molecule has 0 bridgehead atoms. The number of likely N-dealkylation sites (tertiary alicyclic amines) is 1. The Morgan fingerprint density at radius 3 is 2.53 bits per heavy atom. The molecule has 0 aromatic rings. The van der Waals surface area contributed by atoms with Crippen LogP contribution in [0.5, 0.6) is 0 Å². The molecular weight excluding hydrogens is 600 g/mol. The number of fused-ring (bicyclic) bond motifs is 1. The molecule has 5 saturated heterocycles. The second-order valence-electron chi connectivity index (χ2n) is 16.2. The largest absolute Gasteiger partial charge is 0.390 e. The number of piperazine rings is 1. The molecule has 10 atom stereocenters. The zero-order valence-corrected chi connectivity index (χ0v) is 29.6. The fourth-order valence-electron chi connectivity index (χ4n) is 8.70. The summed E-state index contributed by atoms with van der Waals surface area (Å²) in [5, 5.41) is 28.4. The van der Waals surface area contributed by atoms with Crippen LogP contribution in [0.4, 0.5) is 0 Å². The number of hydrogen-bond acceptors (Lipinski definition) is 12. The summed E-state index contributed by atoms with van der Waals surface area (Å²) in [6.45, 7) is 20.8. The number of ether oxygens (including phenoxy) is 3. The predicted molar refractivity (Wildman–Crippen MR) is 180 cm³/mol. The van der Waals surface area contributed by atoms with Crippen molar-refractivity contribution < 1.29 is 24.1 Å². The number of carbonyl (C=O) groups excluding carboxylic acids is 1. The predicted octanol–water partition coefficient (Wildman–Crippen LogP) is -0.483. The van der Waals surface area contributed by atoms with Crippen LogP contribution in [0.25, 0.3) is 0 Å². The molecule has 9 unspecified atom stereocenters. The minimum atomic E-state index is -0.598. The van der Waals surface area contributed by atoms with Crippen LogP contribution in [-0.4, -0.2) is 159 Å². The number of carbonyl (C=O) groups is 1. The Morgan fingerprint density at radius 2 is 1.85 bits per heavy atom. The topological polar surface area (TPSA) is 135 Å². The highest BCUT2D eigenvalue weighted by molar-refractivity contribution is 5.82. The fourth-order valence-corrected chi connectivity index (χ4v) is 8.70. The molecule has 1 amide bonds. The zero-order chi connectivity index (χ0) is 33.1. The molecule has 6 rings (SSSR count). The van der Waals surface area contributed by atoms with E-state index >= 15 is 0 Å². The Labute approximate surface area is 282 Å². The molecule has 6 aliphatic rings. The third-order valence-corrected chi connectivity index (χ3v) is 11.9. The molecule has 6 N–H and O–H groups in total. The van der Waals surface area contributed by atoms with Crippen molar-refractivity contribution in [1.82, 2.24) is 41.3 Å². The first-order valence-corrected chi connectivity index (χ1v) is 18.5. The second kappa shape index (κ2) is 15.9. The number of rotatable bonds is 11. The van der Waals surface area contributed by atoms with Crippen LogP contribution in [0.15, 0.2) is 0 Å². The molecule has 0 aromatic carbocycles. The maximum absolute atomic E-state index is 13.5. The minimum Gasteiger partial charge on any atom is -0.390 e. The molecule has 0 radical (unpaired) electrons. The molecule has 0 spiro atoms. The Morgan fingerprint density at radius 1 is 1.06 bits per heavy atom. The summed E-state index contributed by atoms with van der Waals surface area (Å²) < 4.78 is 17.6. The normalized spacial score (nSPS) is 38.9. The van der Waals surface area contributed by atoms with Gasteiger partial charge in [-0.25, -0.2) is 0 Å². The summed E-state index contributed by atoms with van der Waals surface area (Å²) in [4.78, 5) is 20.8. The molecule has 1 saturated carbocycles. The van der Waals surface area contributed by atoms with Gasteiger partial charge >= 0.3 is 0 Å². The summed E-state index contributed by atoms with van der Waals surface area (Å²) in [5.41, 5.74) is 0.154. The van der Waals surface area contributed by atoms with Gasteiger partial charge in [0.1, 0.15) is 6.29 Å². The molecule has 270 valence electrons. The van der Waals surface area contributed by atoms with Crippen LogP contribution in [0, 0.1) is 17.8 Å². The quantitative estimate of drug-likeness (QED) is 0.170. The standard InChI is InChI=1S/C34H64N8O5/c1-22-27-8-9-40(16-24(27)6-7-29(22)46-20-30-23(2)36-21-47-30)17-26(43)15-35-32(44)28-14-31(37-25-18-45-19-25)39-33(38-28)41-10-12-42(13-11-41)34(3,4)5/h22-31,33,36-39,43H,6-21H2,1-5H3,(H,35,44)/t22?,23?,24?,26-,27?,28?,29?,30?,31?,33?/m0/s1. The highest BCUT2D eigenvalue weighted by atomic mass is 16.6. The average Bonchev–Trinajstić information content (AvgIpc) is 3.45. The Hall–Kier alpha value is -0.970. The Kier molecular flexibility index (Phi) is 12.1. The lowest BCUT2D eigenvalue weighted by atomic mass is 9.68. The first kappa shape index (κ1) is 35.8. The molecule has 13 nitrogen and oxygen atoms in total. The molecule has 13 heteroatoms. The molecular formula is C34H64N8O5. The average molecular weight is 665 g/mol. The van der Waals surface area contributed by atoms with E-state index < -0.39 is 6.10 Å². The van der Waals surface area contributed by atoms with Crippen LogP contribution >= 0.6 is 0 Å². The van der Waals surface area contributed by atoms with Gasteiger partial charge in [-0.15, -0.1) is 0 Å². The highest BCUT2D eigenvalue weighted by Gasteiger charge is 2.42. The molecule has 5 heterocycles. The van der Waals surface area contributed by atoms with Crippen molar-refractivity contribution in [3.05, 3.63) is 0 Å². The van der Waals surface area contributed by atoms with Gasteiger partial charge in [0.05, 0.1) is 63.1 Å². The van der Waals surface area contributed by atoms with E-state index in [2.05, 4.69) is 75.9 Å². The summed E-state index contributed by atoms with van der Waals surface area (Å²) in [6, 6.07) is 0.314. The smallest absolute Gasteiger partial charge is 0.237 e. The van der Waals surface area contributed by atoms with E-state index in [1.165, 1.54) is 6.42 Å². The zero-order valence-electron chi connectivity index (χ0n) is 29.6. The number of nitrogens with one attached hydrogen (secondary N) is 5. The van der Waals surface area contributed by atoms with Gasteiger partial charge in [-0.3, -0.25) is 35.9 Å². The van der Waals surface area contributed by atoms with E-state index in [1.54, 1.807) is 0 Å². The third-order valence-electron chi connectivity index (χ3n) is 11.9. The van der Waals surface area contributed by atoms with Gasteiger partial charge < -0.3 is 29.5 Å². The lowest BCUT2D eigenvalue weighted by Crippen LogP contribution is -2.73. The Bertz CT molecular complexity index is 1010. The van der Waals surface area contributed by atoms with Gasteiger partial charge in [-0.05, 0) is 71.3 Å². The van der Waals surface area contributed by atoms with E-state index in [-0.39, 0.29) is 42.6 Å². The van der Waals surface area contributed by atoms with E-state index in [4.69, 9.17) is 14.2 Å². The van der Waals surface area contributed by atoms with Gasteiger partial charge in [0, 0.05) is 63.8 Å². The van der Waals surface area contributed by atoms with Gasteiger partial charge in [0.25, 0.3) is 0 Å². The highest BCUT2D eigenvalue weighted by Crippen LogP contribution is 2.41. The number of nitrogens with zero attached hydrogens (tertiary/aromatic N) is 3. The van der Waals surface area contributed by atoms with Gasteiger partial charge in [-0.1, -0.05) is 6.92 Å². The first-order chi connectivity index (χ1) is 22.5. The van der Waals surface area contributed by atoms with Crippen molar-refractivity contribution in [3.8, 4) is 0 Å². The van der Waals surface area contributed by atoms with Crippen LogP contribution in [0.3, 0.4) is 0 Å². The number of hydrogen-bond donors (Lipinski definition) is 6. The van der Waals surface area contributed by atoms with Crippen molar-refractivity contribution in [2.45, 2.75) is 115 Å². The van der Waals surface area contributed by atoms with Crippen LogP contribution in [-0.2, 0) is 19.0 Å². The number of piperidine rings is 1. The van der Waals surface area contributed by atoms with Crippen molar-refractivity contribution in [2.75, 3.05) is 78.9 Å². The van der Waals surface area contributed by atoms with E-state index in [0.29, 0.717) is 75.5 Å². The van der Waals surface area contributed by atoms with Crippen LogP contribution in [0.1, 0.15) is 60.3 Å². The SMILES string of the molecule is CC1NCOC1COC1CCC2CN(C[C@@H](O)CNC(=O)C3CC(NC4COC4)NC(N4CCN(C(C)(C)C)CC4)N3)CCC2C1C. The van der Waals surface area contributed by atoms with E-state index in [1.807, 2.05) is 0 Å². The van der Waals surface area contributed by atoms with Crippen molar-refractivity contribution in [2.24, 2.45) is 17.8 Å².